The van der Waals surface area contributed by atoms with Crippen LogP contribution >= 0.6 is 0 Å². The number of anilines is 1. The van der Waals surface area contributed by atoms with Crippen molar-refractivity contribution in [2.75, 3.05) is 11.9 Å². The first-order valence-corrected chi connectivity index (χ1v) is 12.8. The van der Waals surface area contributed by atoms with Gasteiger partial charge in [-0.2, -0.15) is 21.6 Å². The van der Waals surface area contributed by atoms with Gasteiger partial charge in [-0.3, -0.25) is 0 Å². The highest BCUT2D eigenvalue weighted by Gasteiger charge is 2.32. The van der Waals surface area contributed by atoms with E-state index in [1.165, 1.54) is 23.1 Å². The molecule has 0 unspecified atom stereocenters. The normalized spacial score (nSPS) is 11.8. The molecule has 0 atom stereocenters. The van der Waals surface area contributed by atoms with Gasteiger partial charge in [-0.05, 0) is 80.9 Å². The van der Waals surface area contributed by atoms with Crippen molar-refractivity contribution in [3.05, 3.63) is 83.9 Å². The van der Waals surface area contributed by atoms with Gasteiger partial charge in [0.25, 0.3) is 0 Å². The Morgan fingerprint density at radius 2 is 1.65 bits per heavy atom. The summed E-state index contributed by atoms with van der Waals surface area (Å²) in [4.78, 5) is 13.9. The van der Waals surface area contributed by atoms with Gasteiger partial charge in [0.15, 0.2) is 0 Å². The molecule has 0 aliphatic rings. The molecule has 2 amide bonds. The van der Waals surface area contributed by atoms with Gasteiger partial charge in [-0.15, -0.1) is 0 Å². The molecule has 0 spiro atoms. The lowest BCUT2D eigenvalue weighted by Gasteiger charge is -2.27. The maximum atomic E-state index is 13.0. The second kappa shape index (κ2) is 11.5. The SMILES string of the molecule is CCOc1ccc(NC(=O)N(Cc2cccc(OS(=O)(=O)c3cccc(C(F)(F)F)c3)c2)C(C)C)cc1. The van der Waals surface area contributed by atoms with Gasteiger partial charge in [-0.25, -0.2) is 4.79 Å². The molecule has 11 heteroatoms. The maximum absolute atomic E-state index is 13.0. The van der Waals surface area contributed by atoms with Crippen molar-refractivity contribution >= 4 is 21.8 Å². The van der Waals surface area contributed by atoms with E-state index in [9.17, 15) is 26.4 Å². The van der Waals surface area contributed by atoms with Crippen LogP contribution in [-0.2, 0) is 22.8 Å². The summed E-state index contributed by atoms with van der Waals surface area (Å²) in [6.45, 7) is 6.18. The maximum Gasteiger partial charge on any atom is 0.416 e. The van der Waals surface area contributed by atoms with Crippen molar-refractivity contribution in [1.29, 1.82) is 0 Å². The number of amides is 2. The topological polar surface area (TPSA) is 84.9 Å². The zero-order valence-electron chi connectivity index (χ0n) is 20.5. The Kier molecular flexibility index (Phi) is 8.69. The lowest BCUT2D eigenvalue weighted by atomic mass is 10.2. The highest BCUT2D eigenvalue weighted by molar-refractivity contribution is 7.87. The smallest absolute Gasteiger partial charge is 0.416 e. The molecule has 0 aliphatic carbocycles. The molecule has 37 heavy (non-hydrogen) atoms. The van der Waals surface area contributed by atoms with Crippen LogP contribution in [0.4, 0.5) is 23.7 Å². The number of benzene rings is 3. The Labute approximate surface area is 213 Å². The van der Waals surface area contributed by atoms with Gasteiger partial charge in [0.1, 0.15) is 16.4 Å². The van der Waals surface area contributed by atoms with Crippen LogP contribution in [-0.4, -0.2) is 32.0 Å². The monoisotopic (exact) mass is 536 g/mol. The minimum atomic E-state index is -4.70. The summed E-state index contributed by atoms with van der Waals surface area (Å²) < 4.78 is 74.7. The second-order valence-electron chi connectivity index (χ2n) is 8.32. The van der Waals surface area contributed by atoms with Crippen LogP contribution in [0.15, 0.2) is 77.7 Å². The standard InChI is InChI=1S/C26H27F3N2O5S/c1-4-35-22-13-11-21(12-14-22)30-25(32)31(18(2)3)17-19-7-5-9-23(15-19)36-37(33,34)24-10-6-8-20(16-24)26(27,28)29/h5-16,18H,4,17H2,1-3H3,(H,30,32). The molecule has 0 saturated carbocycles. The van der Waals surface area contributed by atoms with Crippen molar-refractivity contribution in [3.8, 4) is 11.5 Å². The van der Waals surface area contributed by atoms with Crippen molar-refractivity contribution in [2.45, 2.75) is 44.4 Å². The molecule has 198 valence electrons. The van der Waals surface area contributed by atoms with Gasteiger partial charge < -0.3 is 19.1 Å². The fraction of sp³-hybridized carbons (Fsp3) is 0.269. The number of carbonyl (C=O) groups is 1. The van der Waals surface area contributed by atoms with E-state index in [2.05, 4.69) is 5.32 Å². The average molecular weight is 537 g/mol. The number of halogens is 3. The molecule has 0 saturated heterocycles. The second-order valence-corrected chi connectivity index (χ2v) is 9.87. The first kappa shape index (κ1) is 27.9. The summed E-state index contributed by atoms with van der Waals surface area (Å²) in [5.74, 6) is 0.587. The molecular formula is C26H27F3N2O5S. The molecule has 7 nitrogen and oxygen atoms in total. The van der Waals surface area contributed by atoms with E-state index < -0.39 is 26.8 Å². The first-order valence-electron chi connectivity index (χ1n) is 11.4. The summed E-state index contributed by atoms with van der Waals surface area (Å²) >= 11 is 0. The molecule has 0 fully saturated rings. The quantitative estimate of drug-likeness (QED) is 0.324. The summed E-state index contributed by atoms with van der Waals surface area (Å²) in [7, 11) is -4.53. The zero-order chi connectivity index (χ0) is 27.2. The van der Waals surface area contributed by atoms with E-state index >= 15 is 0 Å². The Morgan fingerprint density at radius 3 is 2.27 bits per heavy atom. The Balaban J connectivity index is 1.74. The third kappa shape index (κ3) is 7.63. The zero-order valence-corrected chi connectivity index (χ0v) is 21.3. The third-order valence-electron chi connectivity index (χ3n) is 5.21. The molecular weight excluding hydrogens is 509 g/mol. The molecule has 1 N–H and O–H groups in total. The molecule has 0 radical (unpaired) electrons. The van der Waals surface area contributed by atoms with Crippen LogP contribution < -0.4 is 14.2 Å². The number of nitrogens with one attached hydrogen (secondary N) is 1. The minimum absolute atomic E-state index is 0.0921. The number of rotatable bonds is 9. The summed E-state index contributed by atoms with van der Waals surface area (Å²) in [6.07, 6.45) is -4.70. The first-order chi connectivity index (χ1) is 17.4. The number of alkyl halides is 3. The van der Waals surface area contributed by atoms with Crippen LogP contribution in [0.5, 0.6) is 11.5 Å². The lowest BCUT2D eigenvalue weighted by molar-refractivity contribution is -0.137. The molecule has 0 aromatic heterocycles. The van der Waals surface area contributed by atoms with E-state index in [1.54, 1.807) is 30.3 Å². The highest BCUT2D eigenvalue weighted by Crippen LogP contribution is 2.31. The van der Waals surface area contributed by atoms with Gasteiger partial charge in [-0.1, -0.05) is 18.2 Å². The van der Waals surface area contributed by atoms with Crippen LogP contribution in [0.25, 0.3) is 0 Å². The number of hydrogen-bond acceptors (Lipinski definition) is 5. The predicted molar refractivity (Wildman–Crippen MR) is 133 cm³/mol. The van der Waals surface area contributed by atoms with E-state index in [-0.39, 0.29) is 24.4 Å². The Hall–Kier alpha value is -3.73. The van der Waals surface area contributed by atoms with Crippen LogP contribution in [0, 0.1) is 0 Å². The van der Waals surface area contributed by atoms with E-state index in [4.69, 9.17) is 8.92 Å². The molecule has 3 aromatic carbocycles. The van der Waals surface area contributed by atoms with Crippen LogP contribution in [0.1, 0.15) is 31.9 Å². The fourth-order valence-electron chi connectivity index (χ4n) is 3.38. The van der Waals surface area contributed by atoms with E-state index in [0.29, 0.717) is 29.7 Å². The van der Waals surface area contributed by atoms with Crippen LogP contribution in [0.2, 0.25) is 0 Å². The predicted octanol–water partition coefficient (Wildman–Crippen LogP) is 6.31. The van der Waals surface area contributed by atoms with Gasteiger partial charge in [0, 0.05) is 18.3 Å². The minimum Gasteiger partial charge on any atom is -0.494 e. The Morgan fingerprint density at radius 1 is 0.973 bits per heavy atom. The molecule has 0 bridgehead atoms. The summed E-state index contributed by atoms with van der Waals surface area (Å²) in [6, 6.07) is 15.7. The fourth-order valence-corrected chi connectivity index (χ4v) is 4.35. The largest absolute Gasteiger partial charge is 0.494 e. The summed E-state index contributed by atoms with van der Waals surface area (Å²) in [5, 5.41) is 2.82. The molecule has 3 aromatic rings. The number of urea groups is 1. The van der Waals surface area contributed by atoms with Gasteiger partial charge >= 0.3 is 22.3 Å². The number of nitrogens with zero attached hydrogens (tertiary/aromatic N) is 1. The van der Waals surface area contributed by atoms with Crippen molar-refractivity contribution in [3.63, 3.8) is 0 Å². The molecule has 0 aliphatic heterocycles. The van der Waals surface area contributed by atoms with Gasteiger partial charge in [0.2, 0.25) is 0 Å². The van der Waals surface area contributed by atoms with Gasteiger partial charge in [0.05, 0.1) is 12.2 Å². The highest BCUT2D eigenvalue weighted by atomic mass is 32.2. The summed E-state index contributed by atoms with van der Waals surface area (Å²) in [5.41, 5.74) is 0.0349. The lowest BCUT2D eigenvalue weighted by Crippen LogP contribution is -2.39. The number of hydrogen-bond donors (Lipinski definition) is 1. The Bertz CT molecular complexity index is 1330. The molecule has 0 heterocycles. The van der Waals surface area contributed by atoms with Crippen molar-refractivity contribution in [1.82, 2.24) is 4.90 Å². The van der Waals surface area contributed by atoms with Crippen molar-refractivity contribution in [2.24, 2.45) is 0 Å². The van der Waals surface area contributed by atoms with Crippen molar-refractivity contribution < 1.29 is 35.3 Å². The molecule has 3 rings (SSSR count). The number of ether oxygens (including phenoxy) is 1. The van der Waals surface area contributed by atoms with E-state index in [1.807, 2.05) is 20.8 Å². The third-order valence-corrected chi connectivity index (χ3v) is 6.45. The van der Waals surface area contributed by atoms with E-state index in [0.717, 1.165) is 18.2 Å². The van der Waals surface area contributed by atoms with Crippen LogP contribution in [0.3, 0.4) is 0 Å². The average Bonchev–Trinajstić information content (AvgIpc) is 2.83. The number of carbonyl (C=O) groups excluding carboxylic acids is 1.